The Morgan fingerprint density at radius 2 is 2.05 bits per heavy atom. The van der Waals surface area contributed by atoms with E-state index >= 15 is 0 Å². The van der Waals surface area contributed by atoms with Crippen molar-refractivity contribution in [3.8, 4) is 0 Å². The Labute approximate surface area is 125 Å². The average Bonchev–Trinajstić information content (AvgIpc) is 2.81. The molecule has 0 fully saturated rings. The summed E-state index contributed by atoms with van der Waals surface area (Å²) in [6.45, 7) is 7.36. The van der Waals surface area contributed by atoms with Crippen LogP contribution in [0.2, 0.25) is 0 Å². The van der Waals surface area contributed by atoms with Crippen molar-refractivity contribution in [1.29, 1.82) is 0 Å². The van der Waals surface area contributed by atoms with Crippen molar-refractivity contribution >= 4 is 17.0 Å². The third-order valence-electron chi connectivity index (χ3n) is 3.78. The molecule has 0 amide bonds. The number of aromatic nitrogens is 2. The van der Waals surface area contributed by atoms with E-state index in [1.807, 2.05) is 6.07 Å². The van der Waals surface area contributed by atoms with Crippen LogP contribution in [-0.2, 0) is 6.54 Å². The summed E-state index contributed by atoms with van der Waals surface area (Å²) >= 11 is 0. The molecule has 0 bridgehead atoms. The molecule has 0 saturated heterocycles. The normalized spacial score (nSPS) is 11.4. The zero-order valence-electron chi connectivity index (χ0n) is 13.1. The Morgan fingerprint density at radius 1 is 1.29 bits per heavy atom. The van der Waals surface area contributed by atoms with Gasteiger partial charge in [-0.2, -0.15) is 0 Å². The molecular formula is C17H24N2O2. The molecule has 0 saturated carbocycles. The molecular weight excluding hydrogens is 264 g/mol. The van der Waals surface area contributed by atoms with Crippen LogP contribution < -0.4 is 0 Å². The molecule has 2 aromatic rings. The van der Waals surface area contributed by atoms with Gasteiger partial charge < -0.3 is 9.67 Å². The van der Waals surface area contributed by atoms with Gasteiger partial charge in [0.05, 0.1) is 16.6 Å². The van der Waals surface area contributed by atoms with Crippen LogP contribution in [0.5, 0.6) is 0 Å². The number of rotatable bonds is 7. The summed E-state index contributed by atoms with van der Waals surface area (Å²) in [5, 5.41) is 9.17. The number of fused-ring (bicyclic) bond motifs is 1. The van der Waals surface area contributed by atoms with E-state index in [-0.39, 0.29) is 0 Å². The molecule has 1 aromatic carbocycles. The Hall–Kier alpha value is -1.84. The van der Waals surface area contributed by atoms with E-state index in [1.54, 1.807) is 12.1 Å². The van der Waals surface area contributed by atoms with Crippen LogP contribution in [0.4, 0.5) is 0 Å². The maximum atomic E-state index is 11.2. The predicted molar refractivity (Wildman–Crippen MR) is 84.9 cm³/mol. The number of hydrogen-bond acceptors (Lipinski definition) is 2. The SMILES string of the molecule is CCCCCCn1c(C(C)C)nc2ccc(C(=O)O)cc21. The molecule has 1 N–H and O–H groups in total. The molecule has 4 heteroatoms. The molecule has 2 rings (SSSR count). The first kappa shape index (κ1) is 15.5. The third kappa shape index (κ3) is 3.43. The fourth-order valence-electron chi connectivity index (χ4n) is 2.65. The van der Waals surface area contributed by atoms with E-state index in [1.165, 1.54) is 19.3 Å². The summed E-state index contributed by atoms with van der Waals surface area (Å²) in [6.07, 6.45) is 4.76. The van der Waals surface area contributed by atoms with E-state index in [4.69, 9.17) is 5.11 Å². The number of carboxylic acid groups (broad SMARTS) is 1. The van der Waals surface area contributed by atoms with Crippen LogP contribution in [-0.4, -0.2) is 20.6 Å². The summed E-state index contributed by atoms with van der Waals surface area (Å²) in [5.41, 5.74) is 2.15. The Balaban J connectivity index is 2.39. The summed E-state index contributed by atoms with van der Waals surface area (Å²) in [4.78, 5) is 15.8. The van der Waals surface area contributed by atoms with Gasteiger partial charge in [-0.1, -0.05) is 40.0 Å². The molecule has 1 aromatic heterocycles. The monoisotopic (exact) mass is 288 g/mol. The number of carboxylic acids is 1. The summed E-state index contributed by atoms with van der Waals surface area (Å²) in [6, 6.07) is 5.19. The van der Waals surface area contributed by atoms with Gasteiger partial charge in [0.15, 0.2) is 0 Å². The molecule has 4 nitrogen and oxygen atoms in total. The number of nitrogens with zero attached hydrogens (tertiary/aromatic N) is 2. The second kappa shape index (κ2) is 6.74. The smallest absolute Gasteiger partial charge is 0.335 e. The number of aromatic carboxylic acids is 1. The van der Waals surface area contributed by atoms with Gasteiger partial charge in [-0.05, 0) is 24.6 Å². The predicted octanol–water partition coefficient (Wildman–Crippen LogP) is 4.44. The molecule has 114 valence electrons. The number of imidazole rings is 1. The van der Waals surface area contributed by atoms with Crippen molar-refractivity contribution in [2.45, 2.75) is 58.9 Å². The van der Waals surface area contributed by atoms with Crippen LogP contribution in [0.3, 0.4) is 0 Å². The molecule has 0 radical (unpaired) electrons. The molecule has 0 atom stereocenters. The fraction of sp³-hybridized carbons (Fsp3) is 0.529. The van der Waals surface area contributed by atoms with Crippen molar-refractivity contribution in [2.24, 2.45) is 0 Å². The van der Waals surface area contributed by atoms with Gasteiger partial charge in [-0.25, -0.2) is 9.78 Å². The first-order valence-corrected chi connectivity index (χ1v) is 7.78. The fourth-order valence-corrected chi connectivity index (χ4v) is 2.65. The van der Waals surface area contributed by atoms with Gasteiger partial charge in [-0.15, -0.1) is 0 Å². The third-order valence-corrected chi connectivity index (χ3v) is 3.78. The number of benzene rings is 1. The topological polar surface area (TPSA) is 55.1 Å². The van der Waals surface area contributed by atoms with Crippen LogP contribution in [0.25, 0.3) is 11.0 Å². The van der Waals surface area contributed by atoms with Crippen LogP contribution in [0, 0.1) is 0 Å². The lowest BCUT2D eigenvalue weighted by molar-refractivity contribution is 0.0697. The largest absolute Gasteiger partial charge is 0.478 e. The van der Waals surface area contributed by atoms with Crippen molar-refractivity contribution in [2.75, 3.05) is 0 Å². The second-order valence-electron chi connectivity index (χ2n) is 5.85. The second-order valence-corrected chi connectivity index (χ2v) is 5.85. The summed E-state index contributed by atoms with van der Waals surface area (Å²) in [7, 11) is 0. The number of unbranched alkanes of at least 4 members (excludes halogenated alkanes) is 3. The lowest BCUT2D eigenvalue weighted by Gasteiger charge is -2.11. The van der Waals surface area contributed by atoms with E-state index in [0.717, 1.165) is 29.8 Å². The maximum absolute atomic E-state index is 11.2. The average molecular weight is 288 g/mol. The van der Waals surface area contributed by atoms with Gasteiger partial charge >= 0.3 is 5.97 Å². The zero-order chi connectivity index (χ0) is 15.4. The van der Waals surface area contributed by atoms with Crippen molar-refractivity contribution < 1.29 is 9.90 Å². The number of carbonyl (C=O) groups is 1. The molecule has 0 aliphatic rings. The highest BCUT2D eigenvalue weighted by Gasteiger charge is 2.15. The minimum absolute atomic E-state index is 0.326. The van der Waals surface area contributed by atoms with E-state index in [9.17, 15) is 4.79 Å². The van der Waals surface area contributed by atoms with Crippen molar-refractivity contribution in [1.82, 2.24) is 9.55 Å². The summed E-state index contributed by atoms with van der Waals surface area (Å²) in [5.74, 6) is 0.489. The highest BCUT2D eigenvalue weighted by molar-refractivity contribution is 5.92. The minimum Gasteiger partial charge on any atom is -0.478 e. The standard InChI is InChI=1S/C17H24N2O2/c1-4-5-6-7-10-19-15-11-13(17(20)21)8-9-14(15)18-16(19)12(2)3/h8-9,11-12H,4-7,10H2,1-3H3,(H,20,21). The van der Waals surface area contributed by atoms with E-state index < -0.39 is 5.97 Å². The maximum Gasteiger partial charge on any atom is 0.335 e. The number of hydrogen-bond donors (Lipinski definition) is 1. The first-order valence-electron chi connectivity index (χ1n) is 7.78. The first-order chi connectivity index (χ1) is 10.0. The molecule has 0 aliphatic heterocycles. The Bertz CT molecular complexity index is 629. The van der Waals surface area contributed by atoms with Crippen molar-refractivity contribution in [3.05, 3.63) is 29.6 Å². The van der Waals surface area contributed by atoms with Gasteiger partial charge in [0, 0.05) is 12.5 Å². The van der Waals surface area contributed by atoms with Gasteiger partial charge in [0.1, 0.15) is 5.82 Å². The lowest BCUT2D eigenvalue weighted by atomic mass is 10.1. The van der Waals surface area contributed by atoms with Crippen molar-refractivity contribution in [3.63, 3.8) is 0 Å². The van der Waals surface area contributed by atoms with Crippen LogP contribution in [0.1, 0.15) is 68.6 Å². The quantitative estimate of drug-likeness (QED) is 0.766. The van der Waals surface area contributed by atoms with E-state index in [2.05, 4.69) is 30.3 Å². The highest BCUT2D eigenvalue weighted by atomic mass is 16.4. The summed E-state index contributed by atoms with van der Waals surface area (Å²) < 4.78 is 2.20. The van der Waals surface area contributed by atoms with Crippen LogP contribution >= 0.6 is 0 Å². The molecule has 1 heterocycles. The highest BCUT2D eigenvalue weighted by Crippen LogP contribution is 2.24. The van der Waals surface area contributed by atoms with Crippen LogP contribution in [0.15, 0.2) is 18.2 Å². The van der Waals surface area contributed by atoms with Gasteiger partial charge in [0.25, 0.3) is 0 Å². The molecule has 0 unspecified atom stereocenters. The Morgan fingerprint density at radius 3 is 2.67 bits per heavy atom. The lowest BCUT2D eigenvalue weighted by Crippen LogP contribution is -2.06. The zero-order valence-corrected chi connectivity index (χ0v) is 13.1. The molecule has 0 aliphatic carbocycles. The van der Waals surface area contributed by atoms with Gasteiger partial charge in [-0.3, -0.25) is 0 Å². The number of aryl methyl sites for hydroxylation is 1. The minimum atomic E-state index is -0.887. The molecule has 0 spiro atoms. The molecule has 21 heavy (non-hydrogen) atoms. The Kier molecular flexibility index (Phi) is 4.99. The van der Waals surface area contributed by atoms with E-state index in [0.29, 0.717) is 11.5 Å². The van der Waals surface area contributed by atoms with Gasteiger partial charge in [0.2, 0.25) is 0 Å².